The van der Waals surface area contributed by atoms with Gasteiger partial charge in [-0.25, -0.2) is 8.42 Å². The van der Waals surface area contributed by atoms with Crippen LogP contribution in [-0.4, -0.2) is 51.4 Å². The van der Waals surface area contributed by atoms with Crippen LogP contribution in [0.3, 0.4) is 0 Å². The van der Waals surface area contributed by atoms with Crippen LogP contribution < -0.4 is 14.4 Å². The van der Waals surface area contributed by atoms with Crippen molar-refractivity contribution in [3.63, 3.8) is 0 Å². The fourth-order valence-electron chi connectivity index (χ4n) is 4.10. The SMILES string of the molecule is COc1ccc(Cl)cc1N(CC(=O)N(Cc1ccccc1C)[C@@H](C)C(=O)NCC(C)C)S(=O)(=O)c1ccccc1. The van der Waals surface area contributed by atoms with Crippen molar-refractivity contribution in [3.05, 3.63) is 88.9 Å². The molecule has 40 heavy (non-hydrogen) atoms. The lowest BCUT2D eigenvalue weighted by atomic mass is 10.1. The van der Waals surface area contributed by atoms with E-state index in [0.29, 0.717) is 6.54 Å². The maximum absolute atomic E-state index is 14.1. The highest BCUT2D eigenvalue weighted by Gasteiger charge is 2.34. The molecule has 0 bridgehead atoms. The minimum Gasteiger partial charge on any atom is -0.495 e. The maximum atomic E-state index is 14.1. The molecule has 0 aliphatic carbocycles. The van der Waals surface area contributed by atoms with Crippen molar-refractivity contribution >= 4 is 39.1 Å². The number of carbonyl (C=O) groups excluding carboxylic acids is 2. The topological polar surface area (TPSA) is 96.0 Å². The Kier molecular flexibility index (Phi) is 10.6. The first kappa shape index (κ1) is 31.0. The molecule has 3 aromatic rings. The third-order valence-electron chi connectivity index (χ3n) is 6.47. The summed E-state index contributed by atoms with van der Waals surface area (Å²) in [5.41, 5.74) is 1.90. The number of nitrogens with zero attached hydrogens (tertiary/aromatic N) is 2. The van der Waals surface area contributed by atoms with E-state index in [1.165, 1.54) is 30.2 Å². The van der Waals surface area contributed by atoms with Crippen LogP contribution in [0.1, 0.15) is 31.9 Å². The summed E-state index contributed by atoms with van der Waals surface area (Å²) in [5.74, 6) is -0.436. The van der Waals surface area contributed by atoms with Gasteiger partial charge in [-0.2, -0.15) is 0 Å². The number of hydrogen-bond acceptors (Lipinski definition) is 5. The number of hydrogen-bond donors (Lipinski definition) is 1. The second kappa shape index (κ2) is 13.7. The summed E-state index contributed by atoms with van der Waals surface area (Å²) in [6.07, 6.45) is 0. The molecule has 0 heterocycles. The molecule has 0 saturated heterocycles. The Balaban J connectivity index is 2.08. The lowest BCUT2D eigenvalue weighted by Gasteiger charge is -2.32. The number of sulfonamides is 1. The minimum absolute atomic E-state index is 0.00185. The Labute approximate surface area is 241 Å². The van der Waals surface area contributed by atoms with Crippen molar-refractivity contribution in [2.24, 2.45) is 5.92 Å². The molecule has 0 fully saturated rings. The number of carbonyl (C=O) groups is 2. The highest BCUT2D eigenvalue weighted by atomic mass is 35.5. The first-order valence-electron chi connectivity index (χ1n) is 13.0. The molecule has 3 aromatic carbocycles. The molecular formula is C30H36ClN3O5S. The second-order valence-electron chi connectivity index (χ2n) is 9.90. The third kappa shape index (κ3) is 7.55. The van der Waals surface area contributed by atoms with Crippen LogP contribution in [0.2, 0.25) is 5.02 Å². The highest BCUT2D eigenvalue weighted by Crippen LogP contribution is 2.35. The number of halogens is 1. The average molecular weight is 586 g/mol. The molecular weight excluding hydrogens is 550 g/mol. The van der Waals surface area contributed by atoms with Gasteiger partial charge in [0.05, 0.1) is 17.7 Å². The van der Waals surface area contributed by atoms with Gasteiger partial charge < -0.3 is 15.0 Å². The van der Waals surface area contributed by atoms with Gasteiger partial charge in [-0.3, -0.25) is 13.9 Å². The molecule has 0 radical (unpaired) electrons. The van der Waals surface area contributed by atoms with E-state index in [9.17, 15) is 18.0 Å². The maximum Gasteiger partial charge on any atom is 0.264 e. The fraction of sp³-hybridized carbons (Fsp3) is 0.333. The van der Waals surface area contributed by atoms with Crippen molar-refractivity contribution in [1.29, 1.82) is 0 Å². The fourth-order valence-corrected chi connectivity index (χ4v) is 5.70. The Morgan fingerprint density at radius 3 is 2.25 bits per heavy atom. The van der Waals surface area contributed by atoms with Gasteiger partial charge in [-0.05, 0) is 61.2 Å². The predicted molar refractivity (Wildman–Crippen MR) is 158 cm³/mol. The lowest BCUT2D eigenvalue weighted by Crippen LogP contribution is -2.51. The number of rotatable bonds is 12. The van der Waals surface area contributed by atoms with Crippen molar-refractivity contribution in [2.45, 2.75) is 45.2 Å². The molecule has 2 amide bonds. The summed E-state index contributed by atoms with van der Waals surface area (Å²) in [6.45, 7) is 7.50. The van der Waals surface area contributed by atoms with E-state index in [1.807, 2.05) is 45.0 Å². The normalized spacial score (nSPS) is 12.1. The minimum atomic E-state index is -4.23. The van der Waals surface area contributed by atoms with Crippen LogP contribution in [0.4, 0.5) is 5.69 Å². The van der Waals surface area contributed by atoms with E-state index in [2.05, 4.69) is 5.32 Å². The number of anilines is 1. The molecule has 3 rings (SSSR count). The van der Waals surface area contributed by atoms with Gasteiger partial charge in [-0.15, -0.1) is 0 Å². The van der Waals surface area contributed by atoms with Gasteiger partial charge in [0.2, 0.25) is 11.8 Å². The Bertz CT molecular complexity index is 1430. The third-order valence-corrected chi connectivity index (χ3v) is 8.48. The number of ether oxygens (including phenoxy) is 1. The van der Waals surface area contributed by atoms with E-state index >= 15 is 0 Å². The van der Waals surface area contributed by atoms with Crippen LogP contribution in [0.25, 0.3) is 0 Å². The molecule has 0 unspecified atom stereocenters. The summed E-state index contributed by atoms with van der Waals surface area (Å²) in [4.78, 5) is 28.6. The van der Waals surface area contributed by atoms with E-state index < -0.39 is 28.5 Å². The summed E-state index contributed by atoms with van der Waals surface area (Å²) in [5, 5.41) is 3.16. The van der Waals surface area contributed by atoms with Gasteiger partial charge in [0.25, 0.3) is 10.0 Å². The van der Waals surface area contributed by atoms with Crippen LogP contribution in [0.5, 0.6) is 5.75 Å². The number of benzene rings is 3. The molecule has 8 nitrogen and oxygen atoms in total. The molecule has 10 heteroatoms. The van der Waals surface area contributed by atoms with Gasteiger partial charge in [-0.1, -0.05) is 67.9 Å². The Hall–Kier alpha value is -3.56. The second-order valence-corrected chi connectivity index (χ2v) is 12.2. The zero-order valence-corrected chi connectivity index (χ0v) is 25.0. The van der Waals surface area contributed by atoms with E-state index in [-0.39, 0.29) is 39.7 Å². The van der Waals surface area contributed by atoms with Crippen LogP contribution >= 0.6 is 11.6 Å². The van der Waals surface area contributed by atoms with Gasteiger partial charge in [0, 0.05) is 18.1 Å². The smallest absolute Gasteiger partial charge is 0.264 e. The van der Waals surface area contributed by atoms with E-state index in [1.54, 1.807) is 37.3 Å². The number of methoxy groups -OCH3 is 1. The first-order chi connectivity index (χ1) is 18.9. The van der Waals surface area contributed by atoms with Crippen molar-refractivity contribution < 1.29 is 22.7 Å². The predicted octanol–water partition coefficient (Wildman–Crippen LogP) is 5.04. The van der Waals surface area contributed by atoms with Crippen LogP contribution in [0, 0.1) is 12.8 Å². The number of amides is 2. The summed E-state index contributed by atoms with van der Waals surface area (Å²) in [6, 6.07) is 19.1. The zero-order chi connectivity index (χ0) is 29.4. The quantitative estimate of drug-likeness (QED) is 0.321. The molecule has 0 aliphatic heterocycles. The first-order valence-corrected chi connectivity index (χ1v) is 14.8. The van der Waals surface area contributed by atoms with Crippen LogP contribution in [0.15, 0.2) is 77.7 Å². The Morgan fingerprint density at radius 1 is 0.975 bits per heavy atom. The monoisotopic (exact) mass is 585 g/mol. The van der Waals surface area contributed by atoms with Crippen molar-refractivity contribution in [2.75, 3.05) is 24.5 Å². The molecule has 0 saturated carbocycles. The lowest BCUT2D eigenvalue weighted by molar-refractivity contribution is -0.139. The molecule has 0 aliphatic rings. The Morgan fingerprint density at radius 2 is 1.62 bits per heavy atom. The van der Waals surface area contributed by atoms with Crippen LogP contribution in [-0.2, 0) is 26.2 Å². The number of nitrogens with one attached hydrogen (secondary N) is 1. The summed E-state index contributed by atoms with van der Waals surface area (Å²) < 4.78 is 34.3. The van der Waals surface area contributed by atoms with E-state index in [4.69, 9.17) is 16.3 Å². The molecule has 1 N–H and O–H groups in total. The molecule has 0 spiro atoms. The van der Waals surface area contributed by atoms with Gasteiger partial charge in [0.15, 0.2) is 0 Å². The number of aryl methyl sites for hydroxylation is 1. The summed E-state index contributed by atoms with van der Waals surface area (Å²) in [7, 11) is -2.82. The molecule has 214 valence electrons. The highest BCUT2D eigenvalue weighted by molar-refractivity contribution is 7.92. The average Bonchev–Trinajstić information content (AvgIpc) is 2.94. The summed E-state index contributed by atoms with van der Waals surface area (Å²) >= 11 is 6.26. The van der Waals surface area contributed by atoms with Crippen molar-refractivity contribution in [3.8, 4) is 5.75 Å². The zero-order valence-electron chi connectivity index (χ0n) is 23.4. The van der Waals surface area contributed by atoms with Crippen molar-refractivity contribution in [1.82, 2.24) is 10.2 Å². The standard InChI is InChI=1S/C30H36ClN3O5S/c1-21(2)18-32-30(36)23(4)33(19-24-12-10-9-11-22(24)3)29(35)20-34(27-17-25(31)15-16-28(27)39-5)40(37,38)26-13-7-6-8-14-26/h6-17,21,23H,18-20H2,1-5H3,(H,32,36)/t23-/m0/s1. The van der Waals surface area contributed by atoms with Gasteiger partial charge in [0.1, 0.15) is 18.3 Å². The largest absolute Gasteiger partial charge is 0.495 e. The van der Waals surface area contributed by atoms with Gasteiger partial charge >= 0.3 is 0 Å². The molecule has 0 aromatic heterocycles. The molecule has 1 atom stereocenters. The van der Waals surface area contributed by atoms with E-state index in [0.717, 1.165) is 15.4 Å².